The van der Waals surface area contributed by atoms with Crippen molar-refractivity contribution in [3.8, 4) is 0 Å². The Balaban J connectivity index is 2.09. The molecule has 0 atom stereocenters. The Hall–Kier alpha value is -1.50. The van der Waals surface area contributed by atoms with E-state index >= 15 is 0 Å². The van der Waals surface area contributed by atoms with Crippen LogP contribution in [-0.4, -0.2) is 26.0 Å². The highest BCUT2D eigenvalue weighted by Crippen LogP contribution is 2.33. The number of anilines is 1. The van der Waals surface area contributed by atoms with Crippen LogP contribution in [0.3, 0.4) is 0 Å². The van der Waals surface area contributed by atoms with Crippen LogP contribution in [-0.2, 0) is 11.0 Å². The molecule has 4 nitrogen and oxygen atoms in total. The molecule has 0 radical (unpaired) electrons. The zero-order valence-corrected chi connectivity index (χ0v) is 12.2. The van der Waals surface area contributed by atoms with Gasteiger partial charge in [-0.2, -0.15) is 13.2 Å². The Kier molecular flexibility index (Phi) is 4.61. The van der Waals surface area contributed by atoms with Gasteiger partial charge in [0.2, 0.25) is 5.91 Å². The number of pyridine rings is 1. The number of aromatic nitrogens is 1. The molecule has 21 heavy (non-hydrogen) atoms. The highest BCUT2D eigenvalue weighted by Gasteiger charge is 2.35. The maximum Gasteiger partial charge on any atom is 0.419 e. The molecule has 1 aromatic rings. The minimum atomic E-state index is -4.43. The summed E-state index contributed by atoms with van der Waals surface area (Å²) in [5.74, 6) is 0.400. The largest absolute Gasteiger partial charge is 0.419 e. The second kappa shape index (κ2) is 6.09. The number of H-pyrrole nitrogens is 1. The predicted molar refractivity (Wildman–Crippen MR) is 72.0 cm³/mol. The Bertz CT molecular complexity index is 528. The van der Waals surface area contributed by atoms with Crippen molar-refractivity contribution in [1.29, 1.82) is 0 Å². The first-order valence-electron chi connectivity index (χ1n) is 6.58. The third kappa shape index (κ3) is 3.58. The minimum absolute atomic E-state index is 0.00264. The van der Waals surface area contributed by atoms with Gasteiger partial charge in [-0.15, -0.1) is 0 Å². The van der Waals surface area contributed by atoms with Gasteiger partial charge in [0, 0.05) is 13.0 Å². The molecular formula is C13H16ClF3N3O+. The van der Waals surface area contributed by atoms with Crippen molar-refractivity contribution >= 4 is 23.3 Å². The Morgan fingerprint density at radius 1 is 1.43 bits per heavy atom. The lowest BCUT2D eigenvalue weighted by Gasteiger charge is -2.27. The van der Waals surface area contributed by atoms with Crippen molar-refractivity contribution in [3.05, 3.63) is 22.8 Å². The molecule has 2 heterocycles. The number of piperidine rings is 1. The van der Waals surface area contributed by atoms with E-state index < -0.39 is 11.7 Å². The zero-order valence-electron chi connectivity index (χ0n) is 11.4. The molecule has 0 saturated carbocycles. The number of nitrogens with one attached hydrogen (secondary N) is 2. The first-order chi connectivity index (χ1) is 9.82. The number of carbonyl (C=O) groups is 1. The number of amides is 1. The number of hydrogen-bond acceptors (Lipinski definition) is 2. The van der Waals surface area contributed by atoms with Crippen LogP contribution in [0.1, 0.15) is 18.4 Å². The highest BCUT2D eigenvalue weighted by atomic mass is 35.5. The van der Waals surface area contributed by atoms with Gasteiger partial charge >= 0.3 is 6.18 Å². The topological polar surface area (TPSA) is 46.5 Å². The fraction of sp³-hybridized carbons (Fsp3) is 0.538. The number of nitrogens with zero attached hydrogens (tertiary/aromatic N) is 1. The summed E-state index contributed by atoms with van der Waals surface area (Å²) in [6.07, 6.45) is -2.23. The molecule has 2 N–H and O–H groups in total. The van der Waals surface area contributed by atoms with Gasteiger partial charge in [0.1, 0.15) is 11.2 Å². The lowest BCUT2D eigenvalue weighted by atomic mass is 9.96. The molecule has 1 aliphatic rings. The Morgan fingerprint density at radius 2 is 2.05 bits per heavy atom. The van der Waals surface area contributed by atoms with Crippen molar-refractivity contribution in [2.75, 3.05) is 25.0 Å². The van der Waals surface area contributed by atoms with Crippen molar-refractivity contribution in [1.82, 2.24) is 5.32 Å². The predicted octanol–water partition coefficient (Wildman–Crippen LogP) is 2.14. The van der Waals surface area contributed by atoms with Gasteiger partial charge in [-0.25, -0.2) is 4.98 Å². The van der Waals surface area contributed by atoms with Crippen molar-refractivity contribution in [2.45, 2.75) is 19.0 Å². The van der Waals surface area contributed by atoms with Gasteiger partial charge in [0.05, 0.1) is 18.7 Å². The molecule has 0 aromatic carbocycles. The van der Waals surface area contributed by atoms with Crippen LogP contribution in [0.5, 0.6) is 0 Å². The zero-order chi connectivity index (χ0) is 15.6. The molecule has 1 saturated heterocycles. The van der Waals surface area contributed by atoms with Gasteiger partial charge in [0.25, 0.3) is 5.82 Å². The molecular weight excluding hydrogens is 307 g/mol. The van der Waals surface area contributed by atoms with E-state index in [1.807, 2.05) is 4.90 Å². The summed E-state index contributed by atoms with van der Waals surface area (Å²) in [6, 6.07) is 0.915. The summed E-state index contributed by atoms with van der Waals surface area (Å²) in [6.45, 7) is 1.14. The molecule has 1 aliphatic heterocycles. The normalized spacial score (nSPS) is 16.9. The van der Waals surface area contributed by atoms with E-state index in [9.17, 15) is 18.0 Å². The molecule has 8 heteroatoms. The molecule has 2 rings (SSSR count). The van der Waals surface area contributed by atoms with Crippen LogP contribution < -0.4 is 15.2 Å². The standard InChI is InChI=1S/C13H15ClF3N3O/c1-18-12(21)8-2-4-20(5-3-8)11-10(14)6-9(7-19-11)13(15,16)17/h6-8H,2-5H2,1H3,(H,18,21)/p+1. The second-order valence-electron chi connectivity index (χ2n) is 4.96. The fourth-order valence-electron chi connectivity index (χ4n) is 2.44. The van der Waals surface area contributed by atoms with Gasteiger partial charge in [0.15, 0.2) is 0 Å². The first-order valence-corrected chi connectivity index (χ1v) is 6.95. The average Bonchev–Trinajstić information content (AvgIpc) is 2.45. The molecule has 0 unspecified atom stereocenters. The smallest absolute Gasteiger partial charge is 0.359 e. The van der Waals surface area contributed by atoms with Crippen LogP contribution in [0, 0.1) is 5.92 Å². The van der Waals surface area contributed by atoms with Gasteiger partial charge in [-0.3, -0.25) is 9.69 Å². The summed E-state index contributed by atoms with van der Waals surface area (Å²) in [5, 5.41) is 2.64. The molecule has 0 aliphatic carbocycles. The Morgan fingerprint density at radius 3 is 2.52 bits per heavy atom. The number of alkyl halides is 3. The number of halogens is 4. The third-order valence-electron chi connectivity index (χ3n) is 3.63. The van der Waals surface area contributed by atoms with E-state index in [1.165, 1.54) is 0 Å². The number of rotatable bonds is 2. The lowest BCUT2D eigenvalue weighted by Crippen LogP contribution is -2.41. The van der Waals surface area contributed by atoms with E-state index in [0.717, 1.165) is 12.3 Å². The molecule has 1 fully saturated rings. The molecule has 116 valence electrons. The van der Waals surface area contributed by atoms with Gasteiger partial charge in [-0.05, 0) is 18.9 Å². The maximum atomic E-state index is 12.6. The maximum absolute atomic E-state index is 12.6. The van der Waals surface area contributed by atoms with E-state index in [-0.39, 0.29) is 16.8 Å². The number of carbonyl (C=O) groups excluding carboxylic acids is 1. The van der Waals surface area contributed by atoms with E-state index in [0.29, 0.717) is 31.7 Å². The molecule has 1 amide bonds. The highest BCUT2D eigenvalue weighted by molar-refractivity contribution is 6.32. The fourth-order valence-corrected chi connectivity index (χ4v) is 2.73. The van der Waals surface area contributed by atoms with Crippen LogP contribution in [0.15, 0.2) is 12.3 Å². The summed E-state index contributed by atoms with van der Waals surface area (Å²) in [7, 11) is 1.59. The summed E-state index contributed by atoms with van der Waals surface area (Å²) < 4.78 is 37.8. The van der Waals surface area contributed by atoms with Crippen LogP contribution in [0.2, 0.25) is 5.02 Å². The minimum Gasteiger partial charge on any atom is -0.359 e. The van der Waals surface area contributed by atoms with Crippen LogP contribution >= 0.6 is 11.6 Å². The summed E-state index contributed by atoms with van der Waals surface area (Å²) in [4.78, 5) is 16.0. The SMILES string of the molecule is CNC(=O)C1CCN(c2[nH+]cc(C(F)(F)F)cc2Cl)CC1. The van der Waals surface area contributed by atoms with E-state index in [1.54, 1.807) is 7.05 Å². The second-order valence-corrected chi connectivity index (χ2v) is 5.37. The van der Waals surface area contributed by atoms with Crippen molar-refractivity contribution in [2.24, 2.45) is 5.92 Å². The van der Waals surface area contributed by atoms with E-state index in [4.69, 9.17) is 11.6 Å². The van der Waals surface area contributed by atoms with Crippen molar-refractivity contribution in [3.63, 3.8) is 0 Å². The molecule has 1 aromatic heterocycles. The number of hydrogen-bond donors (Lipinski definition) is 1. The quantitative estimate of drug-likeness (QED) is 0.906. The monoisotopic (exact) mass is 322 g/mol. The Labute approximate surface area is 125 Å². The van der Waals surface area contributed by atoms with Crippen molar-refractivity contribution < 1.29 is 22.9 Å². The van der Waals surface area contributed by atoms with Crippen LogP contribution in [0.25, 0.3) is 0 Å². The van der Waals surface area contributed by atoms with E-state index in [2.05, 4.69) is 10.3 Å². The van der Waals surface area contributed by atoms with Crippen LogP contribution in [0.4, 0.5) is 19.0 Å². The summed E-state index contributed by atoms with van der Waals surface area (Å²) in [5.41, 5.74) is -0.809. The number of aromatic amines is 1. The molecule has 0 bridgehead atoms. The molecule has 0 spiro atoms. The lowest BCUT2D eigenvalue weighted by molar-refractivity contribution is -0.367. The first kappa shape index (κ1) is 15.9. The van der Waals surface area contributed by atoms with Gasteiger partial charge in [-0.1, -0.05) is 11.6 Å². The average molecular weight is 323 g/mol. The third-order valence-corrected chi connectivity index (χ3v) is 3.92. The van der Waals surface area contributed by atoms with Gasteiger partial charge < -0.3 is 5.32 Å². The summed E-state index contributed by atoms with van der Waals surface area (Å²) >= 11 is 5.94.